The summed E-state index contributed by atoms with van der Waals surface area (Å²) >= 11 is 0. The normalized spacial score (nSPS) is 11.9. The van der Waals surface area contributed by atoms with Crippen LogP contribution in [0.15, 0.2) is 53.6 Å². The van der Waals surface area contributed by atoms with Gasteiger partial charge in [-0.05, 0) is 44.0 Å². The highest BCUT2D eigenvalue weighted by atomic mass is 16.5. The summed E-state index contributed by atoms with van der Waals surface area (Å²) < 4.78 is 5.48. The number of methoxy groups -OCH3 is 1. The van der Waals surface area contributed by atoms with Crippen molar-refractivity contribution in [1.29, 1.82) is 0 Å². The molecule has 0 radical (unpaired) electrons. The molecule has 0 saturated carbocycles. The average molecular weight is 425 g/mol. The van der Waals surface area contributed by atoms with Crippen LogP contribution in [0.5, 0.6) is 5.75 Å². The molecule has 2 rings (SSSR count). The fraction of sp³-hybridized carbons (Fsp3) is 0.375. The van der Waals surface area contributed by atoms with Gasteiger partial charge in [0.05, 0.1) is 13.3 Å². The molecule has 0 bridgehead atoms. The first-order valence-electron chi connectivity index (χ1n) is 10.5. The maximum Gasteiger partial charge on any atom is 0.262 e. The van der Waals surface area contributed by atoms with E-state index in [1.807, 2.05) is 38.1 Å². The lowest BCUT2D eigenvalue weighted by atomic mass is 10.0. The first kappa shape index (κ1) is 23.9. The average Bonchev–Trinajstić information content (AvgIpc) is 2.78. The van der Waals surface area contributed by atoms with E-state index in [1.54, 1.807) is 37.6 Å². The van der Waals surface area contributed by atoms with Gasteiger partial charge in [-0.15, -0.1) is 0 Å². The van der Waals surface area contributed by atoms with E-state index in [0.717, 1.165) is 24.3 Å². The Morgan fingerprint density at radius 2 is 1.77 bits per heavy atom. The van der Waals surface area contributed by atoms with Crippen LogP contribution in [0.2, 0.25) is 0 Å². The molecule has 1 atom stereocenters. The molecule has 0 heterocycles. The van der Waals surface area contributed by atoms with Crippen LogP contribution in [0.25, 0.3) is 0 Å². The zero-order valence-electron chi connectivity index (χ0n) is 18.9. The summed E-state index contributed by atoms with van der Waals surface area (Å²) in [5.74, 6) is -0.118. The molecule has 0 saturated heterocycles. The third-order valence-corrected chi connectivity index (χ3v) is 5.00. The Bertz CT molecular complexity index is 893. The topological polar surface area (TPSA) is 83.0 Å². The Labute approximate surface area is 184 Å². The van der Waals surface area contributed by atoms with Crippen molar-refractivity contribution in [3.63, 3.8) is 0 Å². The summed E-state index contributed by atoms with van der Waals surface area (Å²) in [4.78, 5) is 27.3. The fourth-order valence-corrected chi connectivity index (χ4v) is 3.18. The minimum atomic E-state index is -0.711. The predicted octanol–water partition coefficient (Wildman–Crippen LogP) is 3.45. The van der Waals surface area contributed by atoms with Gasteiger partial charge < -0.3 is 15.0 Å². The number of ether oxygens (including phenoxy) is 1. The minimum Gasteiger partial charge on any atom is -0.496 e. The number of carbonyl (C=O) groups excluding carboxylic acids is 2. The number of benzene rings is 2. The lowest BCUT2D eigenvalue weighted by Crippen LogP contribution is -2.48. The molecule has 0 aliphatic carbocycles. The molecular formula is C24H32N4O3. The minimum absolute atomic E-state index is 0.106. The summed E-state index contributed by atoms with van der Waals surface area (Å²) in [7, 11) is 1.60. The largest absolute Gasteiger partial charge is 0.496 e. The predicted molar refractivity (Wildman–Crippen MR) is 125 cm³/mol. The molecule has 0 aliphatic heterocycles. The number of carbonyl (C=O) groups is 2. The van der Waals surface area contributed by atoms with E-state index in [2.05, 4.69) is 34.6 Å². The number of amides is 2. The number of hydrogen-bond donors (Lipinski definition) is 2. The number of hydrazone groups is 1. The molecule has 2 N–H and O–H groups in total. The van der Waals surface area contributed by atoms with Crippen LogP contribution in [0.4, 0.5) is 5.69 Å². The van der Waals surface area contributed by atoms with Crippen molar-refractivity contribution >= 4 is 23.7 Å². The molecule has 2 amide bonds. The van der Waals surface area contributed by atoms with Crippen molar-refractivity contribution in [3.05, 3.63) is 59.7 Å². The van der Waals surface area contributed by atoms with Crippen LogP contribution >= 0.6 is 0 Å². The van der Waals surface area contributed by atoms with Crippen LogP contribution in [0.1, 0.15) is 43.6 Å². The summed E-state index contributed by atoms with van der Waals surface area (Å²) in [6.07, 6.45) is 1.54. The summed E-state index contributed by atoms with van der Waals surface area (Å²) in [6, 6.07) is 13.9. The Kier molecular flexibility index (Phi) is 9.06. The number of hydrogen-bond acceptors (Lipinski definition) is 5. The standard InChI is InChI=1S/C24H32N4O3/c1-6-28(7-2)20-14-13-19(21(15-20)31-5)16-25-27-24(30)22(17(3)4)26-23(29)18-11-9-8-10-12-18/h8-17,22H,6-7H2,1-5H3,(H,26,29)(H,27,30). The Morgan fingerprint density at radius 1 is 1.10 bits per heavy atom. The highest BCUT2D eigenvalue weighted by molar-refractivity contribution is 5.97. The molecule has 2 aromatic rings. The number of nitrogens with one attached hydrogen (secondary N) is 2. The summed E-state index contributed by atoms with van der Waals surface area (Å²) in [5, 5.41) is 6.86. The van der Waals surface area contributed by atoms with Crippen molar-refractivity contribution in [1.82, 2.24) is 10.7 Å². The number of rotatable bonds is 10. The van der Waals surface area contributed by atoms with Crippen LogP contribution in [0.3, 0.4) is 0 Å². The van der Waals surface area contributed by atoms with E-state index in [0.29, 0.717) is 11.3 Å². The Hall–Kier alpha value is -3.35. The van der Waals surface area contributed by atoms with Gasteiger partial charge in [-0.3, -0.25) is 9.59 Å². The second-order valence-electron chi connectivity index (χ2n) is 7.39. The number of nitrogens with zero attached hydrogens (tertiary/aromatic N) is 2. The maximum atomic E-state index is 12.6. The van der Waals surface area contributed by atoms with Gasteiger partial charge in [0, 0.05) is 36.0 Å². The Balaban J connectivity index is 2.07. The lowest BCUT2D eigenvalue weighted by molar-refractivity contribution is -0.123. The molecule has 0 fully saturated rings. The Morgan fingerprint density at radius 3 is 2.35 bits per heavy atom. The van der Waals surface area contributed by atoms with E-state index < -0.39 is 6.04 Å². The number of anilines is 1. The first-order chi connectivity index (χ1) is 14.9. The summed E-state index contributed by atoms with van der Waals surface area (Å²) in [6.45, 7) is 9.73. The third kappa shape index (κ3) is 6.57. The zero-order chi connectivity index (χ0) is 22.8. The van der Waals surface area contributed by atoms with Gasteiger partial charge >= 0.3 is 0 Å². The molecule has 0 spiro atoms. The second kappa shape index (κ2) is 11.7. The van der Waals surface area contributed by atoms with Crippen molar-refractivity contribution in [2.24, 2.45) is 11.0 Å². The van der Waals surface area contributed by atoms with Crippen molar-refractivity contribution in [3.8, 4) is 5.75 Å². The van der Waals surface area contributed by atoms with E-state index in [9.17, 15) is 9.59 Å². The first-order valence-corrected chi connectivity index (χ1v) is 10.5. The van der Waals surface area contributed by atoms with Gasteiger partial charge in [0.15, 0.2) is 0 Å². The SMILES string of the molecule is CCN(CC)c1ccc(C=NNC(=O)C(NC(=O)c2ccccc2)C(C)C)c(OC)c1. The molecule has 1 unspecified atom stereocenters. The van der Waals surface area contributed by atoms with Crippen molar-refractivity contribution < 1.29 is 14.3 Å². The van der Waals surface area contributed by atoms with E-state index >= 15 is 0 Å². The summed E-state index contributed by atoms with van der Waals surface area (Å²) in [5.41, 5.74) is 4.84. The quantitative estimate of drug-likeness (QED) is 0.452. The van der Waals surface area contributed by atoms with Crippen LogP contribution < -0.4 is 20.4 Å². The second-order valence-corrected chi connectivity index (χ2v) is 7.39. The molecule has 166 valence electrons. The van der Waals surface area contributed by atoms with E-state index in [1.165, 1.54) is 0 Å². The van der Waals surface area contributed by atoms with Crippen LogP contribution in [0, 0.1) is 5.92 Å². The lowest BCUT2D eigenvalue weighted by Gasteiger charge is -2.22. The monoisotopic (exact) mass is 424 g/mol. The molecule has 0 aliphatic rings. The fourth-order valence-electron chi connectivity index (χ4n) is 3.18. The zero-order valence-corrected chi connectivity index (χ0v) is 18.9. The molecule has 7 nitrogen and oxygen atoms in total. The van der Waals surface area contributed by atoms with Crippen molar-refractivity contribution in [2.75, 3.05) is 25.1 Å². The highest BCUT2D eigenvalue weighted by Crippen LogP contribution is 2.24. The molecular weight excluding hydrogens is 392 g/mol. The van der Waals surface area contributed by atoms with Crippen LogP contribution in [-0.4, -0.2) is 44.3 Å². The van der Waals surface area contributed by atoms with E-state index in [-0.39, 0.29) is 17.7 Å². The molecule has 0 aromatic heterocycles. The van der Waals surface area contributed by atoms with Crippen LogP contribution in [-0.2, 0) is 4.79 Å². The third-order valence-electron chi connectivity index (χ3n) is 5.00. The van der Waals surface area contributed by atoms with Gasteiger partial charge in [-0.25, -0.2) is 5.43 Å². The maximum absolute atomic E-state index is 12.6. The highest BCUT2D eigenvalue weighted by Gasteiger charge is 2.24. The van der Waals surface area contributed by atoms with E-state index in [4.69, 9.17) is 4.74 Å². The van der Waals surface area contributed by atoms with Gasteiger partial charge in [0.1, 0.15) is 11.8 Å². The van der Waals surface area contributed by atoms with Gasteiger partial charge in [0.2, 0.25) is 0 Å². The van der Waals surface area contributed by atoms with Gasteiger partial charge in [-0.2, -0.15) is 5.10 Å². The molecule has 2 aromatic carbocycles. The van der Waals surface area contributed by atoms with Gasteiger partial charge in [-0.1, -0.05) is 32.0 Å². The smallest absolute Gasteiger partial charge is 0.262 e. The molecule has 31 heavy (non-hydrogen) atoms. The van der Waals surface area contributed by atoms with Crippen molar-refractivity contribution in [2.45, 2.75) is 33.7 Å². The molecule has 7 heteroatoms. The van der Waals surface area contributed by atoms with Gasteiger partial charge in [0.25, 0.3) is 11.8 Å².